The molecule has 26 heavy (non-hydrogen) atoms. The highest BCUT2D eigenvalue weighted by atomic mass is 19.4. The third kappa shape index (κ3) is 5.72. The first-order valence-corrected chi connectivity index (χ1v) is 7.77. The number of rotatable bonds is 3. The van der Waals surface area contributed by atoms with Crippen LogP contribution in [-0.2, 0) is 6.18 Å². The van der Waals surface area contributed by atoms with E-state index in [9.17, 15) is 22.8 Å². The second-order valence-corrected chi connectivity index (χ2v) is 5.17. The largest absolute Gasteiger partial charge is 0.417 e. The van der Waals surface area contributed by atoms with Crippen molar-refractivity contribution in [1.29, 1.82) is 0 Å². The zero-order chi connectivity index (χ0) is 19.2. The lowest BCUT2D eigenvalue weighted by Gasteiger charge is -2.12. The van der Waals surface area contributed by atoms with Gasteiger partial charge in [0.2, 0.25) is 0 Å². The number of hydrogen-bond acceptors (Lipinski definition) is 2. The summed E-state index contributed by atoms with van der Waals surface area (Å²) in [5, 5.41) is 2.41. The first-order valence-electron chi connectivity index (χ1n) is 7.77. The van der Waals surface area contributed by atoms with Gasteiger partial charge in [-0.1, -0.05) is 27.3 Å². The van der Waals surface area contributed by atoms with Crippen molar-refractivity contribution < 1.29 is 22.8 Å². The number of carbonyl (C=O) groups excluding carboxylic acids is 2. The molecule has 1 amide bonds. The molecule has 0 spiro atoms. The average Bonchev–Trinajstić information content (AvgIpc) is 2.58. The minimum atomic E-state index is -4.67. The van der Waals surface area contributed by atoms with Crippen LogP contribution in [0.4, 0.5) is 18.9 Å². The number of carbonyl (C=O) groups is 2. The topological polar surface area (TPSA) is 46.2 Å². The van der Waals surface area contributed by atoms with E-state index in [0.717, 1.165) is 23.3 Å². The summed E-state index contributed by atoms with van der Waals surface area (Å²) in [5.74, 6) is -0.514. The summed E-state index contributed by atoms with van der Waals surface area (Å²) in [5.41, 5.74) is 0.695. The van der Waals surface area contributed by atoms with Crippen LogP contribution in [0.25, 0.3) is 0 Å². The molecule has 0 unspecified atom stereocenters. The number of halogens is 3. The summed E-state index contributed by atoms with van der Waals surface area (Å²) >= 11 is 0. The van der Waals surface area contributed by atoms with E-state index < -0.39 is 23.2 Å². The quantitative estimate of drug-likeness (QED) is 0.671. The van der Waals surface area contributed by atoms with Crippen molar-refractivity contribution in [3.05, 3.63) is 64.2 Å². The number of aldehydes is 1. The lowest BCUT2D eigenvalue weighted by Crippen LogP contribution is -2.14. The average molecular weight is 367 g/mol. The maximum atomic E-state index is 12.9. The predicted octanol–water partition coefficient (Wildman–Crippen LogP) is 6.05. The summed E-state index contributed by atoms with van der Waals surface area (Å²) in [6.45, 7) is 7.73. The highest BCUT2D eigenvalue weighted by Gasteiger charge is 2.33. The maximum Gasteiger partial charge on any atom is 0.417 e. The Balaban J connectivity index is 0.00000201. The summed E-state index contributed by atoms with van der Waals surface area (Å²) in [4.78, 5) is 22.8. The number of hydrogen-bond donors (Lipinski definition) is 1. The number of anilines is 1. The molecule has 0 radical (unpaired) electrons. The van der Waals surface area contributed by atoms with Gasteiger partial charge in [0.15, 0.2) is 6.29 Å². The second-order valence-electron chi connectivity index (χ2n) is 5.17. The molecule has 2 aromatic rings. The van der Waals surface area contributed by atoms with Gasteiger partial charge in [0.1, 0.15) is 0 Å². The molecule has 6 heteroatoms. The minimum absolute atomic E-state index is 0. The third-order valence-corrected chi connectivity index (χ3v) is 3.51. The van der Waals surface area contributed by atoms with Crippen molar-refractivity contribution in [2.75, 3.05) is 5.32 Å². The molecule has 0 bridgehead atoms. The Morgan fingerprint density at radius 1 is 1.00 bits per heavy atom. The van der Waals surface area contributed by atoms with Crippen molar-refractivity contribution in [2.24, 2.45) is 0 Å². The van der Waals surface area contributed by atoms with Gasteiger partial charge in [-0.25, -0.2) is 0 Å². The number of alkyl halides is 3. The summed E-state index contributed by atoms with van der Waals surface area (Å²) < 4.78 is 38.7. The van der Waals surface area contributed by atoms with Gasteiger partial charge >= 0.3 is 6.18 Å². The number of nitrogens with one attached hydrogen (secondary N) is 1. The maximum absolute atomic E-state index is 12.9. The monoisotopic (exact) mass is 367 g/mol. The lowest BCUT2D eigenvalue weighted by atomic mass is 10.0. The van der Waals surface area contributed by atoms with E-state index in [1.165, 1.54) is 6.07 Å². The second kappa shape index (κ2) is 9.75. The van der Waals surface area contributed by atoms with E-state index in [4.69, 9.17) is 0 Å². The summed E-state index contributed by atoms with van der Waals surface area (Å²) in [7, 11) is 0. The van der Waals surface area contributed by atoms with E-state index in [-0.39, 0.29) is 19.4 Å². The molecular formula is C20H24F3NO2. The third-order valence-electron chi connectivity index (χ3n) is 3.51. The highest BCUT2D eigenvalue weighted by molar-refractivity contribution is 6.04. The van der Waals surface area contributed by atoms with Crippen LogP contribution in [0.2, 0.25) is 0 Å². The fraction of sp³-hybridized carbons (Fsp3) is 0.300. The van der Waals surface area contributed by atoms with Gasteiger partial charge in [-0.3, -0.25) is 9.59 Å². The standard InChI is InChI=1S/C17H14F3NO2.C2H6.CH4/c1-10-3-4-12(7-11(10)2)16(23)21-14-6-5-13(9-22)15(8-14)17(18,19)20;1-2;/h3-9H,1-2H3,(H,21,23);1-2H3;1H4. The van der Waals surface area contributed by atoms with E-state index in [1.807, 2.05) is 27.7 Å². The molecule has 0 saturated carbocycles. The molecule has 0 aliphatic rings. The molecule has 142 valence electrons. The Bertz CT molecular complexity index is 768. The van der Waals surface area contributed by atoms with Crippen LogP contribution in [0, 0.1) is 13.8 Å². The first-order chi connectivity index (χ1) is 11.7. The van der Waals surface area contributed by atoms with Crippen LogP contribution in [0.3, 0.4) is 0 Å². The van der Waals surface area contributed by atoms with Crippen molar-refractivity contribution in [1.82, 2.24) is 0 Å². The van der Waals surface area contributed by atoms with E-state index in [1.54, 1.807) is 18.2 Å². The molecule has 0 fully saturated rings. The molecule has 0 aromatic heterocycles. The van der Waals surface area contributed by atoms with Crippen LogP contribution in [0.15, 0.2) is 36.4 Å². The highest BCUT2D eigenvalue weighted by Crippen LogP contribution is 2.33. The molecule has 0 saturated heterocycles. The van der Waals surface area contributed by atoms with Crippen LogP contribution in [0.5, 0.6) is 0 Å². The number of benzene rings is 2. The van der Waals surface area contributed by atoms with Gasteiger partial charge in [-0.2, -0.15) is 13.2 Å². The normalized spacial score (nSPS) is 10.1. The van der Waals surface area contributed by atoms with Crippen molar-refractivity contribution in [3.63, 3.8) is 0 Å². The minimum Gasteiger partial charge on any atom is -0.322 e. The molecule has 2 aromatic carbocycles. The van der Waals surface area contributed by atoms with Crippen LogP contribution in [0.1, 0.15) is 58.7 Å². The fourth-order valence-electron chi connectivity index (χ4n) is 2.07. The first kappa shape index (κ1) is 23.4. The van der Waals surface area contributed by atoms with Crippen molar-refractivity contribution in [3.8, 4) is 0 Å². The Labute approximate surface area is 152 Å². The lowest BCUT2D eigenvalue weighted by molar-refractivity contribution is -0.137. The fourth-order valence-corrected chi connectivity index (χ4v) is 2.07. The summed E-state index contributed by atoms with van der Waals surface area (Å²) in [6.07, 6.45) is -4.53. The molecule has 0 atom stereocenters. The Morgan fingerprint density at radius 2 is 1.62 bits per heavy atom. The van der Waals surface area contributed by atoms with Crippen LogP contribution in [-0.4, -0.2) is 12.2 Å². The van der Waals surface area contributed by atoms with Gasteiger partial charge in [0.05, 0.1) is 5.56 Å². The van der Waals surface area contributed by atoms with Crippen LogP contribution >= 0.6 is 0 Å². The van der Waals surface area contributed by atoms with E-state index in [0.29, 0.717) is 5.56 Å². The zero-order valence-corrected chi connectivity index (χ0v) is 14.5. The summed E-state index contributed by atoms with van der Waals surface area (Å²) in [6, 6.07) is 8.07. The Kier molecular flexibility index (Phi) is 8.76. The van der Waals surface area contributed by atoms with Gasteiger partial charge < -0.3 is 5.32 Å². The van der Waals surface area contributed by atoms with Crippen molar-refractivity contribution in [2.45, 2.75) is 41.3 Å². The van der Waals surface area contributed by atoms with Gasteiger partial charge in [0.25, 0.3) is 5.91 Å². The van der Waals surface area contributed by atoms with Gasteiger partial charge in [-0.15, -0.1) is 0 Å². The molecule has 0 heterocycles. The molecule has 0 aliphatic carbocycles. The molecule has 0 aliphatic heterocycles. The number of amides is 1. The smallest absolute Gasteiger partial charge is 0.322 e. The van der Waals surface area contributed by atoms with Crippen LogP contribution < -0.4 is 5.32 Å². The predicted molar refractivity (Wildman–Crippen MR) is 98.8 cm³/mol. The molecule has 2 rings (SSSR count). The molecule has 3 nitrogen and oxygen atoms in total. The zero-order valence-electron chi connectivity index (χ0n) is 14.5. The van der Waals surface area contributed by atoms with Gasteiger partial charge in [0, 0.05) is 16.8 Å². The van der Waals surface area contributed by atoms with E-state index in [2.05, 4.69) is 5.32 Å². The van der Waals surface area contributed by atoms with Crippen molar-refractivity contribution >= 4 is 17.9 Å². The molecular weight excluding hydrogens is 343 g/mol. The number of aryl methyl sites for hydroxylation is 2. The van der Waals surface area contributed by atoms with E-state index >= 15 is 0 Å². The molecule has 1 N–H and O–H groups in total. The van der Waals surface area contributed by atoms with Gasteiger partial charge in [-0.05, 0) is 55.3 Å². The Hall–Kier alpha value is -2.63. The Morgan fingerprint density at radius 3 is 2.12 bits per heavy atom. The SMILES string of the molecule is C.CC.Cc1ccc(C(=O)Nc2ccc(C=O)c(C(F)(F)F)c2)cc1C.